The lowest BCUT2D eigenvalue weighted by molar-refractivity contribution is 0.687. The molecule has 0 aliphatic heterocycles. The van der Waals surface area contributed by atoms with Crippen molar-refractivity contribution in [2.24, 2.45) is 0 Å². The summed E-state index contributed by atoms with van der Waals surface area (Å²) in [6.45, 7) is 0.637. The van der Waals surface area contributed by atoms with Gasteiger partial charge in [-0.2, -0.15) is 10.4 Å². The topological polar surface area (TPSA) is 67.6 Å². The highest BCUT2D eigenvalue weighted by Crippen LogP contribution is 2.21. The predicted molar refractivity (Wildman–Crippen MR) is 82.3 cm³/mol. The Morgan fingerprint density at radius 1 is 1.10 bits per heavy atom. The number of benzene rings is 2. The molecule has 1 aromatic heterocycles. The van der Waals surface area contributed by atoms with Gasteiger partial charge < -0.3 is 5.73 Å². The number of rotatable bonds is 3. The van der Waals surface area contributed by atoms with Crippen molar-refractivity contribution in [3.63, 3.8) is 0 Å². The maximum absolute atomic E-state index is 8.92. The zero-order valence-corrected chi connectivity index (χ0v) is 11.4. The zero-order chi connectivity index (χ0) is 14.7. The van der Waals surface area contributed by atoms with Crippen LogP contribution in [0.1, 0.15) is 11.1 Å². The van der Waals surface area contributed by atoms with Crippen molar-refractivity contribution in [3.8, 4) is 17.2 Å². The monoisotopic (exact) mass is 274 g/mol. The summed E-state index contributed by atoms with van der Waals surface area (Å²) in [4.78, 5) is 0. The number of nitrogens with zero attached hydrogens (tertiary/aromatic N) is 3. The standard InChI is InChI=1S/C17H14N4/c18-9-13-3-1-4-14(7-13)11-21-12-16(10-20-21)15-5-2-6-17(19)8-15/h1-8,10,12H,11,19H2. The van der Waals surface area contributed by atoms with E-state index < -0.39 is 0 Å². The highest BCUT2D eigenvalue weighted by Gasteiger charge is 2.03. The van der Waals surface area contributed by atoms with Crippen LogP contribution >= 0.6 is 0 Å². The molecular formula is C17H14N4. The van der Waals surface area contributed by atoms with Gasteiger partial charge in [0.25, 0.3) is 0 Å². The first-order chi connectivity index (χ1) is 10.2. The van der Waals surface area contributed by atoms with E-state index in [1.54, 1.807) is 6.07 Å². The van der Waals surface area contributed by atoms with Gasteiger partial charge in [-0.05, 0) is 35.4 Å². The lowest BCUT2D eigenvalue weighted by Crippen LogP contribution is -1.99. The molecule has 0 aliphatic carbocycles. The van der Waals surface area contributed by atoms with E-state index >= 15 is 0 Å². The molecule has 0 aliphatic rings. The average Bonchev–Trinajstić information content (AvgIpc) is 2.96. The summed E-state index contributed by atoms with van der Waals surface area (Å²) >= 11 is 0. The highest BCUT2D eigenvalue weighted by molar-refractivity contribution is 5.65. The molecule has 0 spiro atoms. The molecule has 3 aromatic rings. The molecule has 102 valence electrons. The van der Waals surface area contributed by atoms with Gasteiger partial charge >= 0.3 is 0 Å². The van der Waals surface area contributed by atoms with Gasteiger partial charge in [0.15, 0.2) is 0 Å². The van der Waals surface area contributed by atoms with Crippen LogP contribution in [0.25, 0.3) is 11.1 Å². The molecule has 3 rings (SSSR count). The smallest absolute Gasteiger partial charge is 0.0991 e. The Morgan fingerprint density at radius 2 is 1.95 bits per heavy atom. The molecule has 0 radical (unpaired) electrons. The van der Waals surface area contributed by atoms with Crippen molar-refractivity contribution >= 4 is 5.69 Å². The van der Waals surface area contributed by atoms with Gasteiger partial charge in [-0.25, -0.2) is 0 Å². The second-order valence-corrected chi connectivity index (χ2v) is 4.86. The van der Waals surface area contributed by atoms with Crippen LogP contribution in [0, 0.1) is 11.3 Å². The Morgan fingerprint density at radius 3 is 2.76 bits per heavy atom. The fraction of sp³-hybridized carbons (Fsp3) is 0.0588. The lowest BCUT2D eigenvalue weighted by atomic mass is 10.1. The molecule has 0 fully saturated rings. The van der Waals surface area contributed by atoms with Crippen LogP contribution in [-0.4, -0.2) is 9.78 Å². The van der Waals surface area contributed by atoms with Gasteiger partial charge in [-0.3, -0.25) is 4.68 Å². The molecule has 4 nitrogen and oxygen atoms in total. The van der Waals surface area contributed by atoms with Crippen LogP contribution < -0.4 is 5.73 Å². The number of nitrogen functional groups attached to an aromatic ring is 1. The Labute approximate surface area is 123 Å². The molecule has 1 heterocycles. The Bertz CT molecular complexity index is 811. The van der Waals surface area contributed by atoms with Gasteiger partial charge in [-0.15, -0.1) is 0 Å². The van der Waals surface area contributed by atoms with E-state index in [9.17, 15) is 0 Å². The molecule has 2 aromatic carbocycles. The number of aromatic nitrogens is 2. The summed E-state index contributed by atoms with van der Waals surface area (Å²) in [6.07, 6.45) is 3.80. The van der Waals surface area contributed by atoms with Crippen molar-refractivity contribution in [3.05, 3.63) is 72.1 Å². The molecule has 0 atom stereocenters. The third-order valence-corrected chi connectivity index (χ3v) is 3.25. The number of nitrogens with two attached hydrogens (primary N) is 1. The van der Waals surface area contributed by atoms with Crippen LogP contribution in [0.4, 0.5) is 5.69 Å². The SMILES string of the molecule is N#Cc1cccc(Cn2cc(-c3cccc(N)c3)cn2)c1. The molecule has 21 heavy (non-hydrogen) atoms. The first kappa shape index (κ1) is 12.9. The summed E-state index contributed by atoms with van der Waals surface area (Å²) in [5, 5.41) is 13.3. The van der Waals surface area contributed by atoms with Crippen molar-refractivity contribution < 1.29 is 0 Å². The molecule has 0 saturated heterocycles. The van der Waals surface area contributed by atoms with Gasteiger partial charge in [0.05, 0.1) is 24.4 Å². The van der Waals surface area contributed by atoms with Gasteiger partial charge in [0, 0.05) is 17.4 Å². The Kier molecular flexibility index (Phi) is 3.40. The quantitative estimate of drug-likeness (QED) is 0.746. The summed E-state index contributed by atoms with van der Waals surface area (Å²) in [5.41, 5.74) is 10.3. The van der Waals surface area contributed by atoms with E-state index in [2.05, 4.69) is 11.2 Å². The Hall–Kier alpha value is -3.06. The van der Waals surface area contributed by atoms with E-state index in [1.165, 1.54) is 0 Å². The minimum atomic E-state index is 0.637. The number of hydrogen-bond acceptors (Lipinski definition) is 3. The van der Waals surface area contributed by atoms with Crippen molar-refractivity contribution in [2.45, 2.75) is 6.54 Å². The molecule has 0 unspecified atom stereocenters. The minimum absolute atomic E-state index is 0.637. The van der Waals surface area contributed by atoms with Gasteiger partial charge in [0.2, 0.25) is 0 Å². The number of nitriles is 1. The maximum atomic E-state index is 8.92. The van der Waals surface area contributed by atoms with Crippen LogP contribution in [0.3, 0.4) is 0 Å². The molecular weight excluding hydrogens is 260 g/mol. The molecule has 2 N–H and O–H groups in total. The third-order valence-electron chi connectivity index (χ3n) is 3.25. The van der Waals surface area contributed by atoms with Crippen LogP contribution in [-0.2, 0) is 6.54 Å². The van der Waals surface area contributed by atoms with E-state index in [0.29, 0.717) is 12.1 Å². The lowest BCUT2D eigenvalue weighted by Gasteiger charge is -2.02. The van der Waals surface area contributed by atoms with E-state index in [-0.39, 0.29) is 0 Å². The van der Waals surface area contributed by atoms with E-state index in [1.807, 2.05) is 59.5 Å². The molecule has 0 saturated carbocycles. The molecule has 4 heteroatoms. The maximum Gasteiger partial charge on any atom is 0.0991 e. The van der Waals surface area contributed by atoms with Gasteiger partial charge in [-0.1, -0.05) is 24.3 Å². The second-order valence-electron chi connectivity index (χ2n) is 4.86. The fourth-order valence-electron chi connectivity index (χ4n) is 2.24. The number of hydrogen-bond donors (Lipinski definition) is 1. The number of anilines is 1. The van der Waals surface area contributed by atoms with Crippen molar-refractivity contribution in [1.82, 2.24) is 9.78 Å². The third kappa shape index (κ3) is 2.93. The van der Waals surface area contributed by atoms with Crippen LogP contribution in [0.15, 0.2) is 60.9 Å². The second kappa shape index (κ2) is 5.51. The van der Waals surface area contributed by atoms with Gasteiger partial charge in [0.1, 0.15) is 0 Å². The van der Waals surface area contributed by atoms with Crippen molar-refractivity contribution in [1.29, 1.82) is 5.26 Å². The van der Waals surface area contributed by atoms with E-state index in [0.717, 1.165) is 22.4 Å². The average molecular weight is 274 g/mol. The van der Waals surface area contributed by atoms with E-state index in [4.69, 9.17) is 11.0 Å². The summed E-state index contributed by atoms with van der Waals surface area (Å²) in [6, 6.07) is 17.4. The van der Waals surface area contributed by atoms with Crippen LogP contribution in [0.2, 0.25) is 0 Å². The first-order valence-corrected chi connectivity index (χ1v) is 6.62. The molecule has 0 amide bonds. The summed E-state index contributed by atoms with van der Waals surface area (Å²) in [7, 11) is 0. The Balaban J connectivity index is 1.84. The van der Waals surface area contributed by atoms with Crippen molar-refractivity contribution in [2.75, 3.05) is 5.73 Å². The first-order valence-electron chi connectivity index (χ1n) is 6.62. The predicted octanol–water partition coefficient (Wildman–Crippen LogP) is 3.05. The zero-order valence-electron chi connectivity index (χ0n) is 11.4. The molecule has 0 bridgehead atoms. The summed E-state index contributed by atoms with van der Waals surface area (Å²) in [5.74, 6) is 0. The largest absolute Gasteiger partial charge is 0.399 e. The highest BCUT2D eigenvalue weighted by atomic mass is 15.3. The normalized spacial score (nSPS) is 10.2. The summed E-state index contributed by atoms with van der Waals surface area (Å²) < 4.78 is 1.86. The minimum Gasteiger partial charge on any atom is -0.399 e. The fourth-order valence-corrected chi connectivity index (χ4v) is 2.24. The van der Waals surface area contributed by atoms with Crippen LogP contribution in [0.5, 0.6) is 0 Å².